The van der Waals surface area contributed by atoms with E-state index in [9.17, 15) is 9.90 Å². The number of carbonyl (C=O) groups excluding carboxylic acids is 1. The van der Waals surface area contributed by atoms with Crippen molar-refractivity contribution >= 4 is 5.97 Å². The molecule has 4 heteroatoms. The Kier molecular flexibility index (Phi) is 4.18. The van der Waals surface area contributed by atoms with Gasteiger partial charge in [0, 0.05) is 25.5 Å². The average molecular weight is 186 g/mol. The minimum absolute atomic E-state index is 0.208. The van der Waals surface area contributed by atoms with Crippen molar-refractivity contribution in [3.05, 3.63) is 0 Å². The molecule has 1 aliphatic heterocycles. The molecule has 1 fully saturated rings. The number of carboxylic acids is 1. The predicted octanol–water partition coefficient (Wildman–Crippen LogP) is -2.65. The van der Waals surface area contributed by atoms with Crippen molar-refractivity contribution in [3.8, 4) is 0 Å². The van der Waals surface area contributed by atoms with Crippen LogP contribution in [0.4, 0.5) is 0 Å². The maximum absolute atomic E-state index is 10.2. The minimum Gasteiger partial charge on any atom is -0.550 e. The maximum atomic E-state index is 10.2. The summed E-state index contributed by atoms with van der Waals surface area (Å²) in [6, 6.07) is 0. The smallest absolute Gasteiger partial charge is 0.0900 e. The lowest BCUT2D eigenvalue weighted by molar-refractivity contribution is -0.904. The van der Waals surface area contributed by atoms with E-state index in [1.807, 2.05) is 0 Å². The van der Waals surface area contributed by atoms with Crippen molar-refractivity contribution < 1.29 is 14.8 Å². The second kappa shape index (κ2) is 5.19. The first-order valence-electron chi connectivity index (χ1n) is 4.90. The van der Waals surface area contributed by atoms with Crippen molar-refractivity contribution in [2.24, 2.45) is 0 Å². The first kappa shape index (κ1) is 10.5. The minimum atomic E-state index is -0.923. The van der Waals surface area contributed by atoms with Gasteiger partial charge in [-0.15, -0.1) is 0 Å². The van der Waals surface area contributed by atoms with E-state index in [0.29, 0.717) is 0 Å². The number of nitrogens with one attached hydrogen (secondary N) is 1. The van der Waals surface area contributed by atoms with Gasteiger partial charge in [-0.25, -0.2) is 0 Å². The van der Waals surface area contributed by atoms with Gasteiger partial charge in [0.25, 0.3) is 0 Å². The molecule has 0 aromatic heterocycles. The fourth-order valence-electron chi connectivity index (χ4n) is 1.67. The zero-order valence-corrected chi connectivity index (χ0v) is 8.21. The number of carbonyl (C=O) groups is 1. The quantitative estimate of drug-likeness (QED) is 0.521. The Morgan fingerprint density at radius 1 is 1.46 bits per heavy atom. The topological polar surface area (TPSA) is 47.8 Å². The molecule has 0 aliphatic carbocycles. The van der Waals surface area contributed by atoms with Crippen LogP contribution in [0.15, 0.2) is 0 Å². The number of rotatable bonds is 4. The first-order chi connectivity index (χ1) is 6.18. The molecule has 0 atom stereocenters. The van der Waals surface area contributed by atoms with Crippen LogP contribution in [0.3, 0.4) is 0 Å². The molecule has 0 radical (unpaired) electrons. The number of nitrogens with zero attached hydrogens (tertiary/aromatic N) is 1. The second-order valence-corrected chi connectivity index (χ2v) is 3.78. The van der Waals surface area contributed by atoms with Gasteiger partial charge in [-0.05, 0) is 13.5 Å². The molecular formula is C9H18N2O2. The number of piperazine rings is 1. The summed E-state index contributed by atoms with van der Waals surface area (Å²) >= 11 is 0. The third-order valence-corrected chi connectivity index (χ3v) is 2.61. The Bertz CT molecular complexity index is 165. The molecule has 0 aromatic carbocycles. The number of quaternary nitrogens is 1. The summed E-state index contributed by atoms with van der Waals surface area (Å²) in [5.41, 5.74) is 0. The fourth-order valence-corrected chi connectivity index (χ4v) is 1.67. The van der Waals surface area contributed by atoms with Gasteiger partial charge < -0.3 is 14.8 Å². The molecule has 1 aliphatic rings. The van der Waals surface area contributed by atoms with Gasteiger partial charge in [0.1, 0.15) is 0 Å². The lowest BCUT2D eigenvalue weighted by Crippen LogP contribution is -3.14. The molecule has 4 nitrogen and oxygen atoms in total. The van der Waals surface area contributed by atoms with E-state index in [1.165, 1.54) is 4.90 Å². The average Bonchev–Trinajstić information content (AvgIpc) is 2.08. The van der Waals surface area contributed by atoms with Crippen LogP contribution in [-0.2, 0) is 4.79 Å². The van der Waals surface area contributed by atoms with E-state index < -0.39 is 5.97 Å². The molecule has 0 spiro atoms. The summed E-state index contributed by atoms with van der Waals surface area (Å²) in [4.78, 5) is 14.0. The molecule has 0 amide bonds. The molecule has 1 rings (SSSR count). The third kappa shape index (κ3) is 4.24. The van der Waals surface area contributed by atoms with Crippen LogP contribution in [0.25, 0.3) is 0 Å². The number of hydrogen-bond donors (Lipinski definition) is 1. The van der Waals surface area contributed by atoms with Crippen LogP contribution >= 0.6 is 0 Å². The van der Waals surface area contributed by atoms with Gasteiger partial charge in [-0.1, -0.05) is 0 Å². The highest BCUT2D eigenvalue weighted by Gasteiger charge is 2.15. The Labute approximate surface area is 79.1 Å². The fraction of sp³-hybridized carbons (Fsp3) is 0.889. The number of carboxylic acid groups (broad SMARTS) is 1. The maximum Gasteiger partial charge on any atom is 0.0900 e. The molecule has 1 heterocycles. The first-order valence-corrected chi connectivity index (χ1v) is 4.90. The van der Waals surface area contributed by atoms with Gasteiger partial charge in [0.15, 0.2) is 0 Å². The zero-order chi connectivity index (χ0) is 9.68. The van der Waals surface area contributed by atoms with E-state index in [0.717, 1.165) is 39.1 Å². The largest absolute Gasteiger partial charge is 0.550 e. The number of likely N-dealkylation sites (N-methyl/N-ethyl adjacent to an activating group) is 1. The van der Waals surface area contributed by atoms with Crippen LogP contribution in [0.5, 0.6) is 0 Å². The van der Waals surface area contributed by atoms with Gasteiger partial charge in [0.05, 0.1) is 19.6 Å². The van der Waals surface area contributed by atoms with Gasteiger partial charge in [0.2, 0.25) is 0 Å². The zero-order valence-electron chi connectivity index (χ0n) is 8.21. The Hall–Kier alpha value is -0.610. The summed E-state index contributed by atoms with van der Waals surface area (Å²) in [6.07, 6.45) is 0.959. The monoisotopic (exact) mass is 186 g/mol. The summed E-state index contributed by atoms with van der Waals surface area (Å²) in [5, 5.41) is 10.2. The molecule has 1 N–H and O–H groups in total. The number of hydrogen-bond acceptors (Lipinski definition) is 3. The highest BCUT2D eigenvalue weighted by Crippen LogP contribution is 1.85. The molecule has 0 bridgehead atoms. The van der Waals surface area contributed by atoms with Crippen molar-refractivity contribution in [2.45, 2.75) is 12.8 Å². The lowest BCUT2D eigenvalue weighted by Gasteiger charge is -2.29. The van der Waals surface area contributed by atoms with Crippen LogP contribution in [-0.4, -0.2) is 50.6 Å². The summed E-state index contributed by atoms with van der Waals surface area (Å²) in [7, 11) is 2.12. The number of aliphatic carboxylic acids is 1. The Morgan fingerprint density at radius 2 is 2.08 bits per heavy atom. The lowest BCUT2D eigenvalue weighted by atomic mass is 10.2. The highest BCUT2D eigenvalue weighted by molar-refractivity contribution is 5.64. The van der Waals surface area contributed by atoms with E-state index in [1.54, 1.807) is 0 Å². The molecular weight excluding hydrogens is 168 g/mol. The van der Waals surface area contributed by atoms with Crippen LogP contribution in [0, 0.1) is 0 Å². The molecule has 1 saturated heterocycles. The third-order valence-electron chi connectivity index (χ3n) is 2.61. The van der Waals surface area contributed by atoms with Gasteiger partial charge in [-0.2, -0.15) is 0 Å². The summed E-state index contributed by atoms with van der Waals surface area (Å²) < 4.78 is 0. The normalized spacial score (nSPS) is 20.4. The predicted molar refractivity (Wildman–Crippen MR) is 47.3 cm³/mol. The van der Waals surface area contributed by atoms with Crippen LogP contribution in [0.1, 0.15) is 12.8 Å². The standard InChI is InChI=1S/C9H18N2O2/c1-10-5-7-11(8-6-10)4-2-3-9(12)13/h2-8H2,1H3,(H,12,13). The molecule has 0 unspecified atom stereocenters. The Morgan fingerprint density at radius 3 is 2.62 bits per heavy atom. The highest BCUT2D eigenvalue weighted by atomic mass is 16.4. The van der Waals surface area contributed by atoms with E-state index in [2.05, 4.69) is 11.9 Å². The van der Waals surface area contributed by atoms with E-state index >= 15 is 0 Å². The van der Waals surface area contributed by atoms with E-state index in [-0.39, 0.29) is 6.42 Å². The van der Waals surface area contributed by atoms with E-state index in [4.69, 9.17) is 0 Å². The molecule has 76 valence electrons. The van der Waals surface area contributed by atoms with Gasteiger partial charge in [-0.3, -0.25) is 4.90 Å². The molecule has 0 saturated carbocycles. The van der Waals surface area contributed by atoms with Gasteiger partial charge >= 0.3 is 0 Å². The second-order valence-electron chi connectivity index (χ2n) is 3.78. The van der Waals surface area contributed by atoms with Crippen molar-refractivity contribution in [2.75, 3.05) is 39.8 Å². The molecule has 13 heavy (non-hydrogen) atoms. The van der Waals surface area contributed by atoms with Crippen molar-refractivity contribution in [1.82, 2.24) is 4.90 Å². The van der Waals surface area contributed by atoms with Crippen LogP contribution < -0.4 is 10.0 Å². The van der Waals surface area contributed by atoms with Crippen molar-refractivity contribution in [1.29, 1.82) is 0 Å². The summed E-state index contributed by atoms with van der Waals surface area (Å²) in [5.74, 6) is -0.923. The Balaban J connectivity index is 2.05. The summed E-state index contributed by atoms with van der Waals surface area (Å²) in [6.45, 7) is 5.51. The SMILES string of the molecule is CN1CC[NH+](CCCC(=O)[O-])CC1. The van der Waals surface area contributed by atoms with Crippen molar-refractivity contribution in [3.63, 3.8) is 0 Å². The van der Waals surface area contributed by atoms with Crippen LogP contribution in [0.2, 0.25) is 0 Å². The molecule has 0 aromatic rings.